The third-order valence-electron chi connectivity index (χ3n) is 1.76. The molecule has 0 spiro atoms. The number of benzene rings is 1. The van der Waals surface area contributed by atoms with Crippen LogP contribution in [0.1, 0.15) is 0 Å². The number of nitrogens with zero attached hydrogens (tertiary/aromatic N) is 2. The Balaban J connectivity index is 2.47. The summed E-state index contributed by atoms with van der Waals surface area (Å²) < 4.78 is 0. The lowest BCUT2D eigenvalue weighted by Crippen LogP contribution is -1.76. The van der Waals surface area contributed by atoms with Crippen LogP contribution in [0.15, 0.2) is 41.7 Å². The van der Waals surface area contributed by atoms with Crippen molar-refractivity contribution in [2.75, 3.05) is 0 Å². The number of rotatable bonds is 2. The highest BCUT2D eigenvalue weighted by molar-refractivity contribution is 5.63. The molecule has 64 valence electrons. The zero-order chi connectivity index (χ0) is 9.10. The molecule has 2 aromatic rings. The molecule has 4 nitrogen and oxygen atoms in total. The number of hydrogen-bond donors (Lipinski definition) is 1. The molecular weight excluding hydrogens is 166 g/mol. The fraction of sp³-hybridized carbons (Fsp3) is 0. The molecular formula is C9H7N3O. The topological polar surface area (TPSA) is 58.1 Å². The quantitative estimate of drug-likeness (QED) is 0.709. The Kier molecular flexibility index (Phi) is 1.88. The van der Waals surface area contributed by atoms with Gasteiger partial charge in [0, 0.05) is 11.8 Å². The van der Waals surface area contributed by atoms with E-state index < -0.39 is 0 Å². The summed E-state index contributed by atoms with van der Waals surface area (Å²) in [7, 11) is 0. The Morgan fingerprint density at radius 1 is 1.31 bits per heavy atom. The summed E-state index contributed by atoms with van der Waals surface area (Å²) in [6.07, 6.45) is 1.66. The van der Waals surface area contributed by atoms with Gasteiger partial charge in [-0.05, 0) is 23.4 Å². The summed E-state index contributed by atoms with van der Waals surface area (Å²) in [5.74, 6) is 0. The fourth-order valence-corrected chi connectivity index (χ4v) is 1.15. The van der Waals surface area contributed by atoms with Gasteiger partial charge in [0.1, 0.15) is 5.69 Å². The molecule has 4 heteroatoms. The van der Waals surface area contributed by atoms with Gasteiger partial charge >= 0.3 is 0 Å². The van der Waals surface area contributed by atoms with Crippen LogP contribution in [0.4, 0.5) is 5.69 Å². The smallest absolute Gasteiger partial charge is 0.108 e. The zero-order valence-electron chi connectivity index (χ0n) is 6.77. The molecule has 1 aromatic heterocycles. The number of hydrogen-bond acceptors (Lipinski definition) is 3. The summed E-state index contributed by atoms with van der Waals surface area (Å²) in [6, 6.07) is 8.88. The van der Waals surface area contributed by atoms with E-state index in [1.54, 1.807) is 24.4 Å². The Labute approximate surface area is 74.6 Å². The van der Waals surface area contributed by atoms with Crippen LogP contribution in [-0.4, -0.2) is 10.2 Å². The second-order valence-electron chi connectivity index (χ2n) is 2.61. The standard InChI is InChI=1S/C9H7N3O/c13-12-8-3-1-2-7(6-8)9-4-5-10-11-9/h1-6H,(H,10,11). The number of aromatic amines is 1. The van der Waals surface area contributed by atoms with Gasteiger partial charge < -0.3 is 0 Å². The average Bonchev–Trinajstić information content (AvgIpc) is 2.71. The molecule has 0 amide bonds. The van der Waals surface area contributed by atoms with E-state index in [1.807, 2.05) is 12.1 Å². The minimum Gasteiger partial charge on any atom is -0.278 e. The van der Waals surface area contributed by atoms with Crippen LogP contribution in [-0.2, 0) is 0 Å². The number of H-pyrrole nitrogens is 1. The summed E-state index contributed by atoms with van der Waals surface area (Å²) in [5.41, 5.74) is 2.22. The predicted octanol–water partition coefficient (Wildman–Crippen LogP) is 2.47. The van der Waals surface area contributed by atoms with Gasteiger partial charge in [-0.15, -0.1) is 4.91 Å². The van der Waals surface area contributed by atoms with Gasteiger partial charge in [0.15, 0.2) is 0 Å². The molecule has 1 aromatic carbocycles. The molecule has 2 rings (SSSR count). The highest BCUT2D eigenvalue weighted by Crippen LogP contribution is 2.21. The molecule has 0 atom stereocenters. The van der Waals surface area contributed by atoms with Crippen molar-refractivity contribution >= 4 is 5.69 Å². The Bertz CT molecular complexity index is 409. The molecule has 0 aliphatic heterocycles. The van der Waals surface area contributed by atoms with Crippen LogP contribution in [0.5, 0.6) is 0 Å². The van der Waals surface area contributed by atoms with Gasteiger partial charge in [-0.1, -0.05) is 12.1 Å². The summed E-state index contributed by atoms with van der Waals surface area (Å²) >= 11 is 0. The maximum Gasteiger partial charge on any atom is 0.108 e. The molecule has 0 saturated heterocycles. The van der Waals surface area contributed by atoms with Crippen molar-refractivity contribution < 1.29 is 0 Å². The lowest BCUT2D eigenvalue weighted by atomic mass is 10.1. The Morgan fingerprint density at radius 3 is 2.92 bits per heavy atom. The van der Waals surface area contributed by atoms with E-state index in [1.165, 1.54) is 0 Å². The molecule has 0 aliphatic rings. The van der Waals surface area contributed by atoms with E-state index in [0.717, 1.165) is 11.3 Å². The van der Waals surface area contributed by atoms with Gasteiger partial charge in [-0.2, -0.15) is 5.10 Å². The van der Waals surface area contributed by atoms with Crippen LogP contribution < -0.4 is 0 Å². The summed E-state index contributed by atoms with van der Waals surface area (Å²) in [6.45, 7) is 0. The van der Waals surface area contributed by atoms with Crippen LogP contribution in [0, 0.1) is 4.91 Å². The summed E-state index contributed by atoms with van der Waals surface area (Å²) in [5, 5.41) is 9.49. The largest absolute Gasteiger partial charge is 0.278 e. The van der Waals surface area contributed by atoms with E-state index in [-0.39, 0.29) is 0 Å². The molecule has 0 unspecified atom stereocenters. The minimum absolute atomic E-state index is 0.423. The van der Waals surface area contributed by atoms with Gasteiger partial charge in [0.05, 0.1) is 5.69 Å². The third-order valence-corrected chi connectivity index (χ3v) is 1.76. The van der Waals surface area contributed by atoms with Gasteiger partial charge in [-0.25, -0.2) is 0 Å². The average molecular weight is 173 g/mol. The zero-order valence-corrected chi connectivity index (χ0v) is 6.77. The first-order valence-electron chi connectivity index (χ1n) is 3.83. The van der Waals surface area contributed by atoms with Crippen molar-refractivity contribution in [1.29, 1.82) is 0 Å². The monoisotopic (exact) mass is 173 g/mol. The first-order valence-corrected chi connectivity index (χ1v) is 3.83. The van der Waals surface area contributed by atoms with Crippen LogP contribution in [0.3, 0.4) is 0 Å². The molecule has 0 fully saturated rings. The predicted molar refractivity (Wildman–Crippen MR) is 49.5 cm³/mol. The van der Waals surface area contributed by atoms with E-state index >= 15 is 0 Å². The first-order chi connectivity index (χ1) is 6.40. The van der Waals surface area contributed by atoms with E-state index in [2.05, 4.69) is 15.4 Å². The molecule has 0 aliphatic carbocycles. The lowest BCUT2D eigenvalue weighted by Gasteiger charge is -1.96. The van der Waals surface area contributed by atoms with E-state index in [4.69, 9.17) is 0 Å². The maximum atomic E-state index is 10.3. The SMILES string of the molecule is O=Nc1cccc(-c2ccn[nH]2)c1. The molecule has 1 N–H and O–H groups in total. The molecule has 0 saturated carbocycles. The molecule has 0 bridgehead atoms. The number of nitrogens with one attached hydrogen (secondary N) is 1. The number of nitroso groups, excluding NO2 is 1. The van der Waals surface area contributed by atoms with Gasteiger partial charge in [0.2, 0.25) is 0 Å². The highest BCUT2D eigenvalue weighted by atomic mass is 16.3. The highest BCUT2D eigenvalue weighted by Gasteiger charge is 1.99. The first kappa shape index (κ1) is 7.67. The van der Waals surface area contributed by atoms with Crippen molar-refractivity contribution in [3.05, 3.63) is 41.4 Å². The van der Waals surface area contributed by atoms with Gasteiger partial charge in [0.25, 0.3) is 0 Å². The Hall–Kier alpha value is -1.97. The fourth-order valence-electron chi connectivity index (χ4n) is 1.15. The normalized spacial score (nSPS) is 9.85. The minimum atomic E-state index is 0.423. The van der Waals surface area contributed by atoms with Crippen molar-refractivity contribution in [3.8, 4) is 11.3 Å². The maximum absolute atomic E-state index is 10.3. The molecule has 13 heavy (non-hydrogen) atoms. The van der Waals surface area contributed by atoms with Crippen molar-refractivity contribution in [2.45, 2.75) is 0 Å². The number of aromatic nitrogens is 2. The van der Waals surface area contributed by atoms with Gasteiger partial charge in [-0.3, -0.25) is 5.10 Å². The Morgan fingerprint density at radius 2 is 2.23 bits per heavy atom. The van der Waals surface area contributed by atoms with Crippen LogP contribution >= 0.6 is 0 Å². The van der Waals surface area contributed by atoms with E-state index in [0.29, 0.717) is 5.69 Å². The van der Waals surface area contributed by atoms with Crippen molar-refractivity contribution in [1.82, 2.24) is 10.2 Å². The van der Waals surface area contributed by atoms with Crippen molar-refractivity contribution in [3.63, 3.8) is 0 Å². The van der Waals surface area contributed by atoms with Crippen LogP contribution in [0.2, 0.25) is 0 Å². The molecule has 1 heterocycles. The van der Waals surface area contributed by atoms with Crippen LogP contribution in [0.25, 0.3) is 11.3 Å². The third kappa shape index (κ3) is 1.46. The second kappa shape index (κ2) is 3.18. The summed E-state index contributed by atoms with van der Waals surface area (Å²) in [4.78, 5) is 10.3. The lowest BCUT2D eigenvalue weighted by molar-refractivity contribution is 1.10. The van der Waals surface area contributed by atoms with E-state index in [9.17, 15) is 4.91 Å². The van der Waals surface area contributed by atoms with Crippen molar-refractivity contribution in [2.24, 2.45) is 5.18 Å². The molecule has 0 radical (unpaired) electrons. The second-order valence-corrected chi connectivity index (χ2v) is 2.61.